The Morgan fingerprint density at radius 3 is 1.08 bits per heavy atom. The molecule has 442 valence electrons. The zero-order valence-electron chi connectivity index (χ0n) is 48.2. The molecule has 0 spiro atoms. The first-order valence-corrected chi connectivity index (χ1v) is 33.3. The van der Waals surface area contributed by atoms with Gasteiger partial charge in [-0.3, -0.25) is 9.35 Å². The van der Waals surface area contributed by atoms with E-state index in [0.717, 1.165) is 51.4 Å². The van der Waals surface area contributed by atoms with Gasteiger partial charge in [-0.1, -0.05) is 309 Å². The fourth-order valence-electron chi connectivity index (χ4n) is 10.8. The van der Waals surface area contributed by atoms with Gasteiger partial charge < -0.3 is 35.2 Å². The van der Waals surface area contributed by atoms with Crippen molar-refractivity contribution in [2.45, 2.75) is 371 Å². The molecule has 0 aromatic carbocycles. The van der Waals surface area contributed by atoms with Crippen LogP contribution in [0.3, 0.4) is 0 Å². The predicted octanol–water partition coefficient (Wildman–Crippen LogP) is 15.6. The van der Waals surface area contributed by atoms with E-state index in [9.17, 15) is 38.2 Å². The summed E-state index contributed by atoms with van der Waals surface area (Å²) in [6.45, 7) is 3.52. The SMILES string of the molecule is CCCCCCCCCCCCCCCCCCCCCCCCCCCC(=O)NC(COC1OC(CO)C(O)C(OS(=O)(=O)O)C1O)C(O)CCCCCCCCCCCCCCCCCCCCCCCC. The third kappa shape index (κ3) is 43.0. The molecule has 13 heteroatoms. The fourth-order valence-corrected chi connectivity index (χ4v) is 11.3. The Morgan fingerprint density at radius 2 is 0.784 bits per heavy atom. The Bertz CT molecular complexity index is 1310. The lowest BCUT2D eigenvalue weighted by atomic mass is 9.99. The van der Waals surface area contributed by atoms with Crippen LogP contribution in [0, 0.1) is 0 Å². The van der Waals surface area contributed by atoms with Crippen LogP contribution in [-0.2, 0) is 28.9 Å². The van der Waals surface area contributed by atoms with Crippen LogP contribution in [0.25, 0.3) is 0 Å². The van der Waals surface area contributed by atoms with E-state index in [1.54, 1.807) is 0 Å². The number of aliphatic hydroxyl groups is 4. The van der Waals surface area contributed by atoms with Gasteiger partial charge in [0, 0.05) is 6.42 Å². The number of hydrogen-bond donors (Lipinski definition) is 6. The van der Waals surface area contributed by atoms with E-state index >= 15 is 0 Å². The number of carbonyl (C=O) groups is 1. The normalized spacial score (nSPS) is 19.0. The molecule has 0 aromatic heterocycles. The molecule has 1 rings (SSSR count). The average molecular weight is 1080 g/mol. The highest BCUT2D eigenvalue weighted by Gasteiger charge is 2.48. The Kier molecular flexibility index (Phi) is 49.5. The van der Waals surface area contributed by atoms with Gasteiger partial charge in [0.25, 0.3) is 0 Å². The minimum absolute atomic E-state index is 0.220. The molecule has 7 unspecified atom stereocenters. The Morgan fingerprint density at radius 1 is 0.486 bits per heavy atom. The lowest BCUT2D eigenvalue weighted by molar-refractivity contribution is -0.298. The second-order valence-corrected chi connectivity index (χ2v) is 23.8. The summed E-state index contributed by atoms with van der Waals surface area (Å²) in [6.07, 6.45) is 52.6. The maximum atomic E-state index is 13.2. The molecule has 1 fully saturated rings. The smallest absolute Gasteiger partial charge is 0.394 e. The van der Waals surface area contributed by atoms with Crippen LogP contribution in [-0.4, -0.2) is 95.4 Å². The number of ether oxygens (including phenoxy) is 2. The number of nitrogens with one attached hydrogen (secondary N) is 1. The molecule has 0 aromatic rings. The van der Waals surface area contributed by atoms with Crippen LogP contribution in [0.1, 0.15) is 328 Å². The summed E-state index contributed by atoms with van der Waals surface area (Å²) < 4.78 is 48.0. The molecule has 1 aliphatic rings. The molecule has 6 N–H and O–H groups in total. The van der Waals surface area contributed by atoms with Crippen LogP contribution in [0.2, 0.25) is 0 Å². The summed E-state index contributed by atoms with van der Waals surface area (Å²) >= 11 is 0. The van der Waals surface area contributed by atoms with Crippen molar-refractivity contribution in [3.8, 4) is 0 Å². The van der Waals surface area contributed by atoms with Gasteiger partial charge in [0.1, 0.15) is 24.4 Å². The van der Waals surface area contributed by atoms with Gasteiger partial charge in [-0.25, -0.2) is 4.18 Å². The summed E-state index contributed by atoms with van der Waals surface area (Å²) in [6, 6.07) is -0.854. The van der Waals surface area contributed by atoms with Crippen molar-refractivity contribution in [1.82, 2.24) is 5.32 Å². The molecule has 1 aliphatic heterocycles. The highest BCUT2D eigenvalue weighted by atomic mass is 32.3. The molecule has 74 heavy (non-hydrogen) atoms. The van der Waals surface area contributed by atoms with Gasteiger partial charge in [0.15, 0.2) is 6.29 Å². The first kappa shape index (κ1) is 71.1. The van der Waals surface area contributed by atoms with E-state index in [4.69, 9.17) is 9.47 Å². The quantitative estimate of drug-likeness (QED) is 0.0251. The summed E-state index contributed by atoms with van der Waals surface area (Å²) in [5.74, 6) is -0.220. The monoisotopic (exact) mass is 1080 g/mol. The molecule has 1 amide bonds. The predicted molar refractivity (Wildman–Crippen MR) is 306 cm³/mol. The van der Waals surface area contributed by atoms with Gasteiger partial charge in [-0.05, 0) is 12.8 Å². The van der Waals surface area contributed by atoms with E-state index in [1.807, 2.05) is 0 Å². The summed E-state index contributed by atoms with van der Waals surface area (Å²) in [5, 5.41) is 45.2. The third-order valence-electron chi connectivity index (χ3n) is 15.7. The first-order valence-electron chi connectivity index (χ1n) is 31.9. The zero-order valence-corrected chi connectivity index (χ0v) is 49.0. The van der Waals surface area contributed by atoms with E-state index in [2.05, 4.69) is 23.3 Å². The van der Waals surface area contributed by atoms with E-state index in [1.165, 1.54) is 250 Å². The second-order valence-electron chi connectivity index (χ2n) is 22.7. The minimum atomic E-state index is -5.08. The van der Waals surface area contributed by atoms with Crippen molar-refractivity contribution in [3.63, 3.8) is 0 Å². The van der Waals surface area contributed by atoms with Gasteiger partial charge in [0.2, 0.25) is 5.91 Å². The number of hydrogen-bond acceptors (Lipinski definition) is 10. The second kappa shape index (κ2) is 51.5. The van der Waals surface area contributed by atoms with Gasteiger partial charge >= 0.3 is 10.4 Å². The van der Waals surface area contributed by atoms with Crippen LogP contribution in [0.4, 0.5) is 0 Å². The fraction of sp³-hybridized carbons (Fsp3) is 0.984. The third-order valence-corrected chi connectivity index (χ3v) is 16.1. The molecule has 1 saturated heterocycles. The van der Waals surface area contributed by atoms with Crippen LogP contribution < -0.4 is 5.32 Å². The standard InChI is InChI=1S/C61H121NO11S/c1-3-5-7-9-11-13-15-17-19-21-23-25-27-28-29-31-33-35-37-39-41-43-45-47-49-51-57(65)62-54(53-71-61-59(67)60(73-74(68,69)70)58(66)56(52-63)72-61)55(64)50-48-46-44-42-40-38-36-34-32-30-26-24-22-20-18-16-14-12-10-8-6-4-2/h54-56,58-61,63-64,66-67H,3-53H2,1-2H3,(H,62,65)(H,68,69,70). The van der Waals surface area contributed by atoms with Gasteiger partial charge in [-0.15, -0.1) is 0 Å². The number of unbranched alkanes of at least 4 members (excludes halogenated alkanes) is 45. The maximum absolute atomic E-state index is 13.2. The van der Waals surface area contributed by atoms with Crippen molar-refractivity contribution in [2.75, 3.05) is 13.2 Å². The van der Waals surface area contributed by atoms with E-state index in [-0.39, 0.29) is 12.5 Å². The zero-order chi connectivity index (χ0) is 54.0. The van der Waals surface area contributed by atoms with Crippen molar-refractivity contribution in [2.24, 2.45) is 0 Å². The number of aliphatic hydroxyl groups excluding tert-OH is 4. The van der Waals surface area contributed by atoms with Crippen LogP contribution >= 0.6 is 0 Å². The lowest BCUT2D eigenvalue weighted by Gasteiger charge is -2.41. The number of carbonyl (C=O) groups excluding carboxylic acids is 1. The van der Waals surface area contributed by atoms with Crippen molar-refractivity contribution in [3.05, 3.63) is 0 Å². The summed E-state index contributed by atoms with van der Waals surface area (Å²) in [7, 11) is -5.08. The molecule has 7 atom stereocenters. The molecule has 0 bridgehead atoms. The molecule has 12 nitrogen and oxygen atoms in total. The molecule has 0 aliphatic carbocycles. The molecule has 0 radical (unpaired) electrons. The van der Waals surface area contributed by atoms with Gasteiger partial charge in [-0.2, -0.15) is 8.42 Å². The Balaban J connectivity index is 2.28. The summed E-state index contributed by atoms with van der Waals surface area (Å²) in [5.41, 5.74) is 0. The minimum Gasteiger partial charge on any atom is -0.394 e. The number of rotatable bonds is 57. The Hall–Kier alpha value is -0.900. The first-order chi connectivity index (χ1) is 36.0. The number of amides is 1. The van der Waals surface area contributed by atoms with Crippen molar-refractivity contribution in [1.29, 1.82) is 0 Å². The lowest BCUT2D eigenvalue weighted by Crippen LogP contribution is -2.61. The topological polar surface area (TPSA) is 192 Å². The average Bonchev–Trinajstić information content (AvgIpc) is 3.38. The molecular formula is C61H121NO11S. The largest absolute Gasteiger partial charge is 0.397 e. The highest BCUT2D eigenvalue weighted by molar-refractivity contribution is 7.80. The maximum Gasteiger partial charge on any atom is 0.397 e. The Labute approximate surface area is 456 Å². The van der Waals surface area contributed by atoms with Crippen molar-refractivity contribution >= 4 is 16.3 Å². The molecule has 1 heterocycles. The molecular weight excluding hydrogens is 955 g/mol. The van der Waals surface area contributed by atoms with Gasteiger partial charge in [0.05, 0.1) is 25.4 Å². The van der Waals surface area contributed by atoms with Crippen LogP contribution in [0.5, 0.6) is 0 Å². The molecule has 0 saturated carbocycles. The summed E-state index contributed by atoms with van der Waals surface area (Å²) in [4.78, 5) is 13.2. The van der Waals surface area contributed by atoms with Crippen molar-refractivity contribution < 1.29 is 51.8 Å². The van der Waals surface area contributed by atoms with E-state index in [0.29, 0.717) is 12.8 Å². The van der Waals surface area contributed by atoms with E-state index < -0.39 is 59.9 Å². The van der Waals surface area contributed by atoms with Crippen LogP contribution in [0.15, 0.2) is 0 Å². The highest BCUT2D eigenvalue weighted by Crippen LogP contribution is 2.26.